The van der Waals surface area contributed by atoms with Crippen molar-refractivity contribution in [2.75, 3.05) is 20.8 Å². The van der Waals surface area contributed by atoms with E-state index in [-0.39, 0.29) is 5.78 Å². The van der Waals surface area contributed by atoms with Crippen LogP contribution in [-0.2, 0) is 19.1 Å². The van der Waals surface area contributed by atoms with Gasteiger partial charge in [-0.2, -0.15) is 13.2 Å². The monoisotopic (exact) mass is 533 g/mol. The zero-order chi connectivity index (χ0) is 27.3. The summed E-state index contributed by atoms with van der Waals surface area (Å²) in [7, 11) is 3.19. The third-order valence-corrected chi connectivity index (χ3v) is 7.50. The van der Waals surface area contributed by atoms with Crippen molar-refractivity contribution in [3.63, 3.8) is 0 Å². The third kappa shape index (κ3) is 4.42. The van der Waals surface area contributed by atoms with Gasteiger partial charge >= 0.3 is 6.18 Å². The highest BCUT2D eigenvalue weighted by atomic mass is 19.4. The molecule has 200 valence electrons. The summed E-state index contributed by atoms with van der Waals surface area (Å²) in [6, 6.07) is 15.8. The first-order valence-electron chi connectivity index (χ1n) is 12.5. The molecule has 1 aliphatic rings. The van der Waals surface area contributed by atoms with Gasteiger partial charge < -0.3 is 19.4 Å². The number of aromatic amines is 2. The minimum absolute atomic E-state index is 0.110. The molecule has 3 heterocycles. The number of halogens is 3. The predicted octanol–water partition coefficient (Wildman–Crippen LogP) is 6.67. The van der Waals surface area contributed by atoms with Crippen LogP contribution in [0.25, 0.3) is 21.8 Å². The summed E-state index contributed by atoms with van der Waals surface area (Å²) >= 11 is 0. The normalized spacial score (nSPS) is 16.0. The zero-order valence-corrected chi connectivity index (χ0v) is 21.4. The first-order valence-corrected chi connectivity index (χ1v) is 12.5. The molecule has 1 unspecified atom stereocenters. The van der Waals surface area contributed by atoms with Crippen LogP contribution in [0.4, 0.5) is 13.2 Å². The molecule has 2 aromatic heterocycles. The van der Waals surface area contributed by atoms with Crippen LogP contribution in [0, 0.1) is 0 Å². The first kappa shape index (κ1) is 25.1. The van der Waals surface area contributed by atoms with Crippen molar-refractivity contribution in [3.8, 4) is 11.5 Å². The summed E-state index contributed by atoms with van der Waals surface area (Å²) in [5.74, 6) is 1.25. The van der Waals surface area contributed by atoms with Gasteiger partial charge in [-0.1, -0.05) is 12.1 Å². The van der Waals surface area contributed by atoms with E-state index in [9.17, 15) is 18.0 Å². The zero-order valence-electron chi connectivity index (χ0n) is 21.4. The first-order chi connectivity index (χ1) is 18.8. The van der Waals surface area contributed by atoms with E-state index in [2.05, 4.69) is 9.97 Å². The molecule has 3 aromatic carbocycles. The van der Waals surface area contributed by atoms with Crippen LogP contribution < -0.4 is 9.47 Å². The van der Waals surface area contributed by atoms with E-state index in [1.165, 1.54) is 12.1 Å². The minimum atomic E-state index is -4.40. The highest BCUT2D eigenvalue weighted by Gasteiger charge is 2.37. The van der Waals surface area contributed by atoms with Crippen molar-refractivity contribution in [1.29, 1.82) is 0 Å². The number of alkyl halides is 3. The number of ether oxygens (including phenoxy) is 2. The molecule has 1 aliphatic heterocycles. The van der Waals surface area contributed by atoms with E-state index >= 15 is 0 Å². The summed E-state index contributed by atoms with van der Waals surface area (Å²) in [6.07, 6.45) is -2.02. The summed E-state index contributed by atoms with van der Waals surface area (Å²) < 4.78 is 50.2. The number of nitrogens with zero attached hydrogens (tertiary/aromatic N) is 1. The molecule has 0 aliphatic carbocycles. The summed E-state index contributed by atoms with van der Waals surface area (Å²) in [4.78, 5) is 23.0. The van der Waals surface area contributed by atoms with Crippen molar-refractivity contribution in [2.45, 2.75) is 25.2 Å². The van der Waals surface area contributed by atoms with Gasteiger partial charge in [0.15, 0.2) is 5.78 Å². The number of hydrogen-bond donors (Lipinski definition) is 2. The van der Waals surface area contributed by atoms with Gasteiger partial charge in [-0.05, 0) is 66.1 Å². The number of fused-ring (bicyclic) bond motifs is 4. The van der Waals surface area contributed by atoms with Crippen LogP contribution in [0.15, 0.2) is 66.9 Å². The second-order valence-corrected chi connectivity index (χ2v) is 9.72. The number of rotatable bonds is 6. The smallest absolute Gasteiger partial charge is 0.416 e. The molecule has 2 N–H and O–H groups in total. The van der Waals surface area contributed by atoms with Gasteiger partial charge in [0.1, 0.15) is 17.5 Å². The molecular weight excluding hydrogens is 507 g/mol. The number of carbonyl (C=O) groups excluding carboxylic acids is 1. The summed E-state index contributed by atoms with van der Waals surface area (Å²) in [6.45, 7) is 0.874. The van der Waals surface area contributed by atoms with Crippen LogP contribution in [0.3, 0.4) is 0 Å². The minimum Gasteiger partial charge on any atom is -0.497 e. The lowest BCUT2D eigenvalue weighted by Crippen LogP contribution is -2.39. The van der Waals surface area contributed by atoms with E-state index < -0.39 is 17.8 Å². The van der Waals surface area contributed by atoms with E-state index in [1.54, 1.807) is 20.4 Å². The Morgan fingerprint density at radius 3 is 2.28 bits per heavy atom. The predicted molar refractivity (Wildman–Crippen MR) is 142 cm³/mol. The average molecular weight is 534 g/mol. The van der Waals surface area contributed by atoms with Crippen LogP contribution in [0.2, 0.25) is 0 Å². The molecule has 1 atom stereocenters. The second-order valence-electron chi connectivity index (χ2n) is 9.72. The molecule has 6 nitrogen and oxygen atoms in total. The number of hydrogen-bond acceptors (Lipinski definition) is 4. The Kier molecular flexibility index (Phi) is 6.10. The molecule has 0 radical (unpaired) electrons. The van der Waals surface area contributed by atoms with Gasteiger partial charge in [0.25, 0.3) is 0 Å². The van der Waals surface area contributed by atoms with E-state index in [1.807, 2.05) is 41.3 Å². The Labute approximate surface area is 222 Å². The van der Waals surface area contributed by atoms with Gasteiger partial charge in [0, 0.05) is 52.3 Å². The molecule has 9 heteroatoms. The van der Waals surface area contributed by atoms with Gasteiger partial charge in [-0.25, -0.2) is 0 Å². The number of H-pyrrole nitrogens is 2. The fourth-order valence-corrected chi connectivity index (χ4v) is 5.52. The Balaban J connectivity index is 1.44. The Morgan fingerprint density at radius 2 is 1.62 bits per heavy atom. The van der Waals surface area contributed by atoms with Gasteiger partial charge in [0.05, 0.1) is 19.8 Å². The largest absolute Gasteiger partial charge is 0.497 e. The van der Waals surface area contributed by atoms with Crippen LogP contribution >= 0.6 is 0 Å². The summed E-state index contributed by atoms with van der Waals surface area (Å²) in [5, 5.41) is 1.75. The molecule has 0 amide bonds. The van der Waals surface area contributed by atoms with Crippen molar-refractivity contribution >= 4 is 27.6 Å². The molecule has 0 saturated heterocycles. The average Bonchev–Trinajstić information content (AvgIpc) is 3.53. The van der Waals surface area contributed by atoms with Gasteiger partial charge in [-0.15, -0.1) is 0 Å². The van der Waals surface area contributed by atoms with E-state index in [4.69, 9.17) is 9.47 Å². The molecule has 0 bridgehead atoms. The highest BCUT2D eigenvalue weighted by molar-refractivity contribution is 6.11. The molecule has 0 spiro atoms. The number of benzene rings is 3. The van der Waals surface area contributed by atoms with Crippen molar-refractivity contribution < 1.29 is 27.4 Å². The van der Waals surface area contributed by atoms with Crippen LogP contribution in [0.5, 0.6) is 11.5 Å². The number of aromatic nitrogens is 2. The maximum absolute atomic E-state index is 14.3. The quantitative estimate of drug-likeness (QED) is 0.239. The molecular formula is C30H26F3N3O3. The fourth-order valence-electron chi connectivity index (χ4n) is 5.52. The third-order valence-electron chi connectivity index (χ3n) is 7.50. The van der Waals surface area contributed by atoms with Crippen molar-refractivity contribution in [1.82, 2.24) is 14.9 Å². The second kappa shape index (κ2) is 9.50. The standard InChI is InChI=1S/C30H26F3N3O3/c1-38-19-7-9-25-23(14-19)24(15-34-25)29(37)28-27-21(22-13-20(39-2)8-10-26(22)35-27)11-12-36(28)16-17-3-5-18(6-4-17)30(31,32)33/h3-10,13-15,28,34-35H,11-12,16H2,1-2H3. The Hall–Kier alpha value is -4.24. The molecule has 5 aromatic rings. The SMILES string of the molecule is COc1ccc2[nH]cc(C(=O)C3c4[nH]c5ccc(OC)cc5c4CCN3Cc3ccc(C(F)(F)F)cc3)c2c1. The highest BCUT2D eigenvalue weighted by Crippen LogP contribution is 2.40. The van der Waals surface area contributed by atoms with Crippen LogP contribution in [-0.4, -0.2) is 41.4 Å². The Morgan fingerprint density at radius 1 is 0.949 bits per heavy atom. The van der Waals surface area contributed by atoms with E-state index in [0.717, 1.165) is 50.9 Å². The lowest BCUT2D eigenvalue weighted by atomic mass is 9.91. The van der Waals surface area contributed by atoms with Crippen LogP contribution in [0.1, 0.15) is 38.8 Å². The number of Topliss-reactive ketones (excluding diaryl/α,β-unsaturated/α-hetero) is 1. The number of nitrogens with one attached hydrogen (secondary N) is 2. The lowest BCUT2D eigenvalue weighted by Gasteiger charge is -2.35. The molecule has 0 fully saturated rings. The number of ketones is 1. The lowest BCUT2D eigenvalue weighted by molar-refractivity contribution is -0.137. The fraction of sp³-hybridized carbons (Fsp3) is 0.233. The molecule has 6 rings (SSSR count). The van der Waals surface area contributed by atoms with E-state index in [0.29, 0.717) is 36.4 Å². The Bertz CT molecular complexity index is 1690. The topological polar surface area (TPSA) is 70.3 Å². The van der Waals surface area contributed by atoms with Gasteiger partial charge in [-0.3, -0.25) is 9.69 Å². The number of carbonyl (C=O) groups is 1. The molecule has 0 saturated carbocycles. The maximum atomic E-state index is 14.3. The van der Waals surface area contributed by atoms with Gasteiger partial charge in [0.2, 0.25) is 0 Å². The number of methoxy groups -OCH3 is 2. The summed E-state index contributed by atoms with van der Waals surface area (Å²) in [5.41, 5.74) is 4.07. The van der Waals surface area contributed by atoms with Crippen molar-refractivity contribution in [3.05, 3.63) is 94.8 Å². The molecule has 39 heavy (non-hydrogen) atoms. The van der Waals surface area contributed by atoms with Crippen molar-refractivity contribution in [2.24, 2.45) is 0 Å². The maximum Gasteiger partial charge on any atom is 0.416 e.